The van der Waals surface area contributed by atoms with Crippen LogP contribution in [0.5, 0.6) is 5.75 Å². The molecule has 0 spiro atoms. The molecule has 0 atom stereocenters. The molecule has 4 heteroatoms. The number of carbonyl (C=O) groups excluding carboxylic acids is 1. The molecule has 53 heavy (non-hydrogen) atoms. The number of para-hydroxylation sites is 3. The number of nitrogens with zero attached hydrogens (tertiary/aromatic N) is 2. The fourth-order valence-electron chi connectivity index (χ4n) is 6.02. The van der Waals surface area contributed by atoms with E-state index in [1.165, 1.54) is 0 Å². The second-order valence-electron chi connectivity index (χ2n) is 12.3. The summed E-state index contributed by atoms with van der Waals surface area (Å²) in [6.45, 7) is 3.47. The van der Waals surface area contributed by atoms with E-state index in [9.17, 15) is 4.79 Å². The summed E-state index contributed by atoms with van der Waals surface area (Å²) >= 11 is 0. The fourth-order valence-corrected chi connectivity index (χ4v) is 6.02. The molecule has 0 bridgehead atoms. The third kappa shape index (κ3) is 8.77. The highest BCUT2D eigenvalue weighted by molar-refractivity contribution is 5.84. The molecule has 0 aliphatic carbocycles. The van der Waals surface area contributed by atoms with Gasteiger partial charge in [0.15, 0.2) is 0 Å². The Hall–Kier alpha value is -7.17. The Labute approximate surface area is 311 Å². The topological polar surface area (TPSA) is 32.8 Å². The van der Waals surface area contributed by atoms with E-state index in [4.69, 9.17) is 4.74 Å². The number of hydrogen-bond acceptors (Lipinski definition) is 4. The molecule has 4 nitrogen and oxygen atoms in total. The van der Waals surface area contributed by atoms with E-state index in [-0.39, 0.29) is 0 Å². The zero-order chi connectivity index (χ0) is 36.2. The van der Waals surface area contributed by atoms with Gasteiger partial charge in [-0.3, -0.25) is 0 Å². The van der Waals surface area contributed by atoms with E-state index in [2.05, 4.69) is 174 Å². The van der Waals surface area contributed by atoms with Crippen molar-refractivity contribution in [1.29, 1.82) is 0 Å². The van der Waals surface area contributed by atoms with E-state index in [0.717, 1.165) is 62.5 Å². The second kappa shape index (κ2) is 16.7. The summed E-state index contributed by atoms with van der Waals surface area (Å²) in [6.07, 6.45) is 9.70. The van der Waals surface area contributed by atoms with Crippen molar-refractivity contribution in [3.05, 3.63) is 223 Å². The van der Waals surface area contributed by atoms with Gasteiger partial charge >= 0.3 is 5.97 Å². The first kappa shape index (κ1) is 34.3. The minimum atomic E-state index is -0.484. The molecule has 256 valence electrons. The lowest BCUT2D eigenvalue weighted by molar-refractivity contribution is -0.128. The number of esters is 1. The standard InChI is InChI=1S/C49H38N2O2/c1-2-49(52)53-48-36-34-47(35-37-48)51(44-16-10-5-11-17-44)46-32-28-41(29-33-46)25-23-39-20-18-38(19-21-39)22-24-40-26-30-45(31-27-40)50(42-12-6-3-7-13-42)43-14-8-4-9-15-43/h2-37H,1H2. The third-order valence-electron chi connectivity index (χ3n) is 8.70. The maximum atomic E-state index is 11.6. The van der Waals surface area contributed by atoms with Gasteiger partial charge in [-0.1, -0.05) is 134 Å². The Morgan fingerprint density at radius 3 is 0.943 bits per heavy atom. The molecule has 0 aliphatic rings. The van der Waals surface area contributed by atoms with Gasteiger partial charge < -0.3 is 14.5 Å². The summed E-state index contributed by atoms with van der Waals surface area (Å²) < 4.78 is 5.27. The van der Waals surface area contributed by atoms with Crippen molar-refractivity contribution in [2.75, 3.05) is 9.80 Å². The Morgan fingerprint density at radius 1 is 0.377 bits per heavy atom. The molecule has 0 aliphatic heterocycles. The van der Waals surface area contributed by atoms with Gasteiger partial charge in [0.05, 0.1) is 0 Å². The van der Waals surface area contributed by atoms with Crippen LogP contribution in [0.1, 0.15) is 22.3 Å². The zero-order valence-corrected chi connectivity index (χ0v) is 29.2. The van der Waals surface area contributed by atoms with Crippen LogP contribution in [-0.2, 0) is 4.79 Å². The minimum absolute atomic E-state index is 0.469. The van der Waals surface area contributed by atoms with Crippen LogP contribution in [0, 0.1) is 0 Å². The van der Waals surface area contributed by atoms with Crippen molar-refractivity contribution in [2.24, 2.45) is 0 Å². The second-order valence-corrected chi connectivity index (χ2v) is 12.3. The molecule has 7 rings (SSSR count). The van der Waals surface area contributed by atoms with Gasteiger partial charge in [-0.25, -0.2) is 4.79 Å². The minimum Gasteiger partial charge on any atom is -0.423 e. The van der Waals surface area contributed by atoms with Crippen molar-refractivity contribution in [3.63, 3.8) is 0 Å². The van der Waals surface area contributed by atoms with Crippen molar-refractivity contribution < 1.29 is 9.53 Å². The smallest absolute Gasteiger partial charge is 0.335 e. The number of ether oxygens (including phenoxy) is 1. The summed E-state index contributed by atoms with van der Waals surface area (Å²) in [5.74, 6) is -0.0150. The maximum absolute atomic E-state index is 11.6. The highest BCUT2D eigenvalue weighted by Crippen LogP contribution is 2.36. The van der Waals surface area contributed by atoms with Gasteiger partial charge in [-0.15, -0.1) is 0 Å². The molecule has 0 N–H and O–H groups in total. The zero-order valence-electron chi connectivity index (χ0n) is 29.2. The van der Waals surface area contributed by atoms with Gasteiger partial charge in [0.2, 0.25) is 0 Å². The molecule has 7 aromatic carbocycles. The van der Waals surface area contributed by atoms with Gasteiger partial charge in [0.1, 0.15) is 5.75 Å². The van der Waals surface area contributed by atoms with E-state index in [1.54, 1.807) is 12.1 Å². The molecular weight excluding hydrogens is 649 g/mol. The Balaban J connectivity index is 1.01. The van der Waals surface area contributed by atoms with E-state index in [1.807, 2.05) is 42.5 Å². The SMILES string of the molecule is C=CC(=O)Oc1ccc(N(c2ccccc2)c2ccc(C=Cc3ccc(C=Cc4ccc(N(c5ccccc5)c5ccccc5)cc4)cc3)cc2)cc1. The Morgan fingerprint density at radius 2 is 0.642 bits per heavy atom. The number of hydrogen-bond donors (Lipinski definition) is 0. The van der Waals surface area contributed by atoms with Crippen molar-refractivity contribution in [3.8, 4) is 5.75 Å². The van der Waals surface area contributed by atoms with Crippen LogP contribution < -0.4 is 14.5 Å². The number of benzene rings is 7. The third-order valence-corrected chi connectivity index (χ3v) is 8.70. The Kier molecular flexibility index (Phi) is 10.8. The molecular formula is C49H38N2O2. The number of carbonyl (C=O) groups is 1. The lowest BCUT2D eigenvalue weighted by atomic mass is 10.1. The highest BCUT2D eigenvalue weighted by atomic mass is 16.5. The van der Waals surface area contributed by atoms with Crippen LogP contribution >= 0.6 is 0 Å². The van der Waals surface area contributed by atoms with Crippen LogP contribution in [0.3, 0.4) is 0 Å². The molecule has 0 fully saturated rings. The first-order chi connectivity index (χ1) is 26.1. The molecule has 0 saturated heterocycles. The lowest BCUT2D eigenvalue weighted by Crippen LogP contribution is -2.10. The van der Waals surface area contributed by atoms with Crippen molar-refractivity contribution in [1.82, 2.24) is 0 Å². The quantitative estimate of drug-likeness (QED) is 0.0554. The van der Waals surface area contributed by atoms with Gasteiger partial charge in [-0.2, -0.15) is 0 Å². The van der Waals surface area contributed by atoms with Crippen molar-refractivity contribution in [2.45, 2.75) is 0 Å². The van der Waals surface area contributed by atoms with Crippen molar-refractivity contribution >= 4 is 64.4 Å². The van der Waals surface area contributed by atoms with Crippen LogP contribution in [0.2, 0.25) is 0 Å². The monoisotopic (exact) mass is 686 g/mol. The summed E-state index contributed by atoms with van der Waals surface area (Å²) in [6, 6.07) is 64.2. The first-order valence-corrected chi connectivity index (χ1v) is 17.5. The summed E-state index contributed by atoms with van der Waals surface area (Å²) in [4.78, 5) is 16.1. The molecule has 0 radical (unpaired) electrons. The van der Waals surface area contributed by atoms with Crippen LogP contribution in [0.15, 0.2) is 201 Å². The maximum Gasteiger partial charge on any atom is 0.335 e. The Bertz CT molecular complexity index is 2260. The predicted molar refractivity (Wildman–Crippen MR) is 222 cm³/mol. The molecule has 0 amide bonds. The molecule has 0 aromatic heterocycles. The average molecular weight is 687 g/mol. The largest absolute Gasteiger partial charge is 0.423 e. The lowest BCUT2D eigenvalue weighted by Gasteiger charge is -2.25. The average Bonchev–Trinajstić information content (AvgIpc) is 3.22. The van der Waals surface area contributed by atoms with Gasteiger partial charge in [0.25, 0.3) is 0 Å². The predicted octanol–water partition coefficient (Wildman–Crippen LogP) is 13.1. The fraction of sp³-hybridized carbons (Fsp3) is 0. The molecule has 7 aromatic rings. The summed E-state index contributed by atoms with van der Waals surface area (Å²) in [7, 11) is 0. The normalized spacial score (nSPS) is 11.0. The highest BCUT2D eigenvalue weighted by Gasteiger charge is 2.13. The molecule has 0 unspecified atom stereocenters. The van der Waals surface area contributed by atoms with Gasteiger partial charge in [-0.05, 0) is 107 Å². The number of anilines is 6. The van der Waals surface area contributed by atoms with Crippen LogP contribution in [0.25, 0.3) is 24.3 Å². The van der Waals surface area contributed by atoms with E-state index in [0.29, 0.717) is 5.75 Å². The van der Waals surface area contributed by atoms with Gasteiger partial charge in [0, 0.05) is 40.2 Å². The van der Waals surface area contributed by atoms with E-state index < -0.39 is 5.97 Å². The summed E-state index contributed by atoms with van der Waals surface area (Å²) in [5, 5.41) is 0. The number of rotatable bonds is 12. The van der Waals surface area contributed by atoms with E-state index >= 15 is 0 Å². The van der Waals surface area contributed by atoms with Crippen LogP contribution in [-0.4, -0.2) is 5.97 Å². The first-order valence-electron chi connectivity index (χ1n) is 17.5. The molecule has 0 heterocycles. The summed E-state index contributed by atoms with van der Waals surface area (Å²) in [5.41, 5.74) is 10.8. The molecule has 0 saturated carbocycles. The van der Waals surface area contributed by atoms with Crippen LogP contribution in [0.4, 0.5) is 34.1 Å².